The largest absolute Gasteiger partial charge is 0.507 e. The molecule has 0 saturated heterocycles. The molecule has 2 rings (SSSR count). The Hall–Kier alpha value is -1.18. The van der Waals surface area contributed by atoms with Gasteiger partial charge in [0.05, 0.1) is 0 Å². The van der Waals surface area contributed by atoms with Gasteiger partial charge in [-0.05, 0) is 51.3 Å². The molecule has 1 N–H and O–H groups in total. The summed E-state index contributed by atoms with van der Waals surface area (Å²) in [5.41, 5.74) is 4.00. The van der Waals surface area contributed by atoms with Gasteiger partial charge in [-0.2, -0.15) is 0 Å². The van der Waals surface area contributed by atoms with E-state index in [1.54, 1.807) is 0 Å². The van der Waals surface area contributed by atoms with E-state index in [2.05, 4.69) is 13.8 Å². The molecule has 0 unspecified atom stereocenters. The van der Waals surface area contributed by atoms with E-state index in [0.717, 1.165) is 28.9 Å². The molecule has 1 heterocycles. The Balaban J connectivity index is 2.69. The van der Waals surface area contributed by atoms with Crippen LogP contribution in [-0.2, 0) is 6.42 Å². The lowest BCUT2D eigenvalue weighted by molar-refractivity contribution is 0.137. The highest BCUT2D eigenvalue weighted by Crippen LogP contribution is 2.44. The summed E-state index contributed by atoms with van der Waals surface area (Å²) >= 11 is 0. The summed E-state index contributed by atoms with van der Waals surface area (Å²) in [4.78, 5) is 0. The monoisotopic (exact) mass is 206 g/mol. The van der Waals surface area contributed by atoms with Crippen molar-refractivity contribution in [1.29, 1.82) is 0 Å². The first-order chi connectivity index (χ1) is 6.83. The SMILES string of the molecule is Cc1c(C)c2c(c(C)c1O)CC(C)(C)O2. The average Bonchev–Trinajstić information content (AvgIpc) is 2.48. The van der Waals surface area contributed by atoms with Crippen LogP contribution in [0.2, 0.25) is 0 Å². The number of hydrogen-bond donors (Lipinski definition) is 1. The second-order valence-electron chi connectivity index (χ2n) is 5.07. The summed E-state index contributed by atoms with van der Waals surface area (Å²) in [6, 6.07) is 0. The quantitative estimate of drug-likeness (QED) is 0.707. The lowest BCUT2D eigenvalue weighted by Crippen LogP contribution is -2.24. The number of benzene rings is 1. The van der Waals surface area contributed by atoms with E-state index in [1.807, 2.05) is 20.8 Å². The van der Waals surface area contributed by atoms with Crippen molar-refractivity contribution in [3.8, 4) is 11.5 Å². The minimum absolute atomic E-state index is 0.141. The van der Waals surface area contributed by atoms with Gasteiger partial charge in [0.2, 0.25) is 0 Å². The Morgan fingerprint density at radius 1 is 1.07 bits per heavy atom. The first kappa shape index (κ1) is 10.3. The molecule has 0 saturated carbocycles. The zero-order valence-electron chi connectivity index (χ0n) is 10.1. The van der Waals surface area contributed by atoms with Gasteiger partial charge in [-0.1, -0.05) is 0 Å². The van der Waals surface area contributed by atoms with E-state index in [4.69, 9.17) is 4.74 Å². The Bertz CT molecular complexity index is 392. The minimum Gasteiger partial charge on any atom is -0.507 e. The summed E-state index contributed by atoms with van der Waals surface area (Å²) in [7, 11) is 0. The van der Waals surface area contributed by atoms with Crippen LogP contribution in [0, 0.1) is 20.8 Å². The molecule has 0 spiro atoms. The van der Waals surface area contributed by atoms with Crippen LogP contribution in [0.15, 0.2) is 0 Å². The highest BCUT2D eigenvalue weighted by Gasteiger charge is 2.34. The molecular weight excluding hydrogens is 188 g/mol. The highest BCUT2D eigenvalue weighted by molar-refractivity contribution is 5.59. The molecule has 2 heteroatoms. The van der Waals surface area contributed by atoms with Crippen LogP contribution in [0.25, 0.3) is 0 Å². The fourth-order valence-corrected chi connectivity index (χ4v) is 2.26. The predicted octanol–water partition coefficient (Wildman–Crippen LogP) is 3.03. The van der Waals surface area contributed by atoms with Crippen molar-refractivity contribution in [3.05, 3.63) is 22.3 Å². The first-order valence-corrected chi connectivity index (χ1v) is 5.34. The van der Waals surface area contributed by atoms with Gasteiger partial charge in [-0.25, -0.2) is 0 Å². The molecule has 0 radical (unpaired) electrons. The smallest absolute Gasteiger partial charge is 0.127 e. The van der Waals surface area contributed by atoms with Crippen LogP contribution >= 0.6 is 0 Å². The molecule has 0 amide bonds. The highest BCUT2D eigenvalue weighted by atomic mass is 16.5. The maximum absolute atomic E-state index is 9.97. The van der Waals surface area contributed by atoms with Gasteiger partial charge in [0, 0.05) is 12.0 Å². The second kappa shape index (κ2) is 2.91. The van der Waals surface area contributed by atoms with Gasteiger partial charge in [0.25, 0.3) is 0 Å². The van der Waals surface area contributed by atoms with Crippen molar-refractivity contribution in [3.63, 3.8) is 0 Å². The van der Waals surface area contributed by atoms with Crippen LogP contribution in [0.1, 0.15) is 36.1 Å². The zero-order chi connectivity index (χ0) is 11.4. The molecule has 1 aliphatic heterocycles. The third-order valence-electron chi connectivity index (χ3n) is 3.32. The fourth-order valence-electron chi connectivity index (χ4n) is 2.26. The minimum atomic E-state index is -0.141. The number of ether oxygens (including phenoxy) is 1. The number of rotatable bonds is 0. The normalized spacial score (nSPS) is 17.4. The van der Waals surface area contributed by atoms with Crippen molar-refractivity contribution in [1.82, 2.24) is 0 Å². The number of phenols is 1. The van der Waals surface area contributed by atoms with Gasteiger partial charge in [0.15, 0.2) is 0 Å². The summed E-state index contributed by atoms with van der Waals surface area (Å²) < 4.78 is 5.93. The molecule has 0 fully saturated rings. The molecule has 1 aromatic rings. The van der Waals surface area contributed by atoms with E-state index in [0.29, 0.717) is 5.75 Å². The van der Waals surface area contributed by atoms with Crippen LogP contribution in [0.5, 0.6) is 11.5 Å². The van der Waals surface area contributed by atoms with Crippen molar-refractivity contribution in [2.45, 2.75) is 46.6 Å². The topological polar surface area (TPSA) is 29.5 Å². The molecule has 1 aliphatic rings. The first-order valence-electron chi connectivity index (χ1n) is 5.34. The third-order valence-corrected chi connectivity index (χ3v) is 3.32. The van der Waals surface area contributed by atoms with E-state index >= 15 is 0 Å². The van der Waals surface area contributed by atoms with Crippen LogP contribution in [0.4, 0.5) is 0 Å². The zero-order valence-corrected chi connectivity index (χ0v) is 10.1. The van der Waals surface area contributed by atoms with E-state index < -0.39 is 0 Å². The van der Waals surface area contributed by atoms with Gasteiger partial charge >= 0.3 is 0 Å². The van der Waals surface area contributed by atoms with Gasteiger partial charge in [-0.3, -0.25) is 0 Å². The molecule has 0 atom stereocenters. The molecule has 82 valence electrons. The average molecular weight is 206 g/mol. The molecular formula is C13H18O2. The third kappa shape index (κ3) is 1.39. The molecule has 15 heavy (non-hydrogen) atoms. The van der Waals surface area contributed by atoms with E-state index in [1.165, 1.54) is 5.56 Å². The van der Waals surface area contributed by atoms with E-state index in [-0.39, 0.29) is 5.60 Å². The van der Waals surface area contributed by atoms with Crippen LogP contribution in [-0.4, -0.2) is 10.7 Å². The standard InChI is InChI=1S/C13H18O2/c1-7-8(2)12-10(9(3)11(7)14)6-13(4,5)15-12/h14H,6H2,1-5H3. The maximum atomic E-state index is 9.97. The molecule has 1 aromatic carbocycles. The number of phenolic OH excluding ortho intramolecular Hbond substituents is 1. The summed E-state index contributed by atoms with van der Waals surface area (Å²) in [6.45, 7) is 10.1. The lowest BCUT2D eigenvalue weighted by Gasteiger charge is -2.18. The second-order valence-corrected chi connectivity index (χ2v) is 5.07. The fraction of sp³-hybridized carbons (Fsp3) is 0.538. The molecule has 2 nitrogen and oxygen atoms in total. The van der Waals surface area contributed by atoms with Gasteiger partial charge in [-0.15, -0.1) is 0 Å². The van der Waals surface area contributed by atoms with Crippen LogP contribution < -0.4 is 4.74 Å². The Kier molecular flexibility index (Phi) is 2.00. The number of aromatic hydroxyl groups is 1. The van der Waals surface area contributed by atoms with Crippen LogP contribution in [0.3, 0.4) is 0 Å². The molecule has 0 aliphatic carbocycles. The number of hydrogen-bond acceptors (Lipinski definition) is 2. The van der Waals surface area contributed by atoms with Crippen molar-refractivity contribution in [2.24, 2.45) is 0 Å². The summed E-state index contributed by atoms with van der Waals surface area (Å²) in [6.07, 6.45) is 0.878. The maximum Gasteiger partial charge on any atom is 0.127 e. The van der Waals surface area contributed by atoms with Gasteiger partial charge < -0.3 is 9.84 Å². The Labute approximate surface area is 90.9 Å². The number of fused-ring (bicyclic) bond motifs is 1. The Morgan fingerprint density at radius 2 is 1.67 bits per heavy atom. The van der Waals surface area contributed by atoms with Gasteiger partial charge in [0.1, 0.15) is 17.1 Å². The van der Waals surface area contributed by atoms with E-state index in [9.17, 15) is 5.11 Å². The van der Waals surface area contributed by atoms with Crippen molar-refractivity contribution < 1.29 is 9.84 Å². The van der Waals surface area contributed by atoms with Crippen molar-refractivity contribution >= 4 is 0 Å². The summed E-state index contributed by atoms with van der Waals surface area (Å²) in [5.74, 6) is 1.40. The van der Waals surface area contributed by atoms with Crippen molar-refractivity contribution in [2.75, 3.05) is 0 Å². The predicted molar refractivity (Wildman–Crippen MR) is 60.7 cm³/mol. The summed E-state index contributed by atoms with van der Waals surface area (Å²) in [5, 5.41) is 9.97. The lowest BCUT2D eigenvalue weighted by atomic mass is 9.93. The Morgan fingerprint density at radius 3 is 2.27 bits per heavy atom. The molecule has 0 bridgehead atoms. The molecule has 0 aromatic heterocycles.